The van der Waals surface area contributed by atoms with E-state index < -0.39 is 11.9 Å². The number of ether oxygens (including phenoxy) is 1. The highest BCUT2D eigenvalue weighted by atomic mass is 16.5. The molecule has 0 aliphatic rings. The zero-order valence-electron chi connectivity index (χ0n) is 11.0. The molecule has 2 aromatic carbocycles. The summed E-state index contributed by atoms with van der Waals surface area (Å²) in [6, 6.07) is 13.5. The SMILES string of the molecule is COC(=O)/C(=C\c1ccc2ccccc2c1)CC(=O)O. The number of methoxy groups -OCH3 is 1. The fraction of sp³-hybridized carbons (Fsp3) is 0.125. The summed E-state index contributed by atoms with van der Waals surface area (Å²) in [5.74, 6) is -1.69. The Kier molecular flexibility index (Phi) is 4.15. The number of benzene rings is 2. The van der Waals surface area contributed by atoms with Crippen LogP contribution >= 0.6 is 0 Å². The fourth-order valence-corrected chi connectivity index (χ4v) is 1.97. The number of carbonyl (C=O) groups is 2. The Labute approximate surface area is 116 Å². The van der Waals surface area contributed by atoms with E-state index in [4.69, 9.17) is 5.11 Å². The number of carboxylic acids is 1. The first-order chi connectivity index (χ1) is 9.60. The van der Waals surface area contributed by atoms with Crippen molar-refractivity contribution in [2.24, 2.45) is 0 Å². The lowest BCUT2D eigenvalue weighted by molar-refractivity contribution is -0.141. The number of hydrogen-bond acceptors (Lipinski definition) is 3. The van der Waals surface area contributed by atoms with Gasteiger partial charge in [0, 0.05) is 5.57 Å². The van der Waals surface area contributed by atoms with E-state index in [-0.39, 0.29) is 12.0 Å². The maximum Gasteiger partial charge on any atom is 0.334 e. The van der Waals surface area contributed by atoms with Crippen molar-refractivity contribution in [2.45, 2.75) is 6.42 Å². The second-order valence-corrected chi connectivity index (χ2v) is 4.34. The van der Waals surface area contributed by atoms with E-state index in [1.807, 2.05) is 42.5 Å². The summed E-state index contributed by atoms with van der Waals surface area (Å²) in [4.78, 5) is 22.3. The van der Waals surface area contributed by atoms with Crippen LogP contribution in [0.2, 0.25) is 0 Å². The first kappa shape index (κ1) is 13.8. The number of fused-ring (bicyclic) bond motifs is 1. The quantitative estimate of drug-likeness (QED) is 0.685. The molecule has 0 radical (unpaired) electrons. The molecular weight excluding hydrogens is 256 g/mol. The number of aliphatic carboxylic acids is 1. The molecule has 2 aromatic rings. The maximum absolute atomic E-state index is 11.6. The van der Waals surface area contributed by atoms with Gasteiger partial charge < -0.3 is 9.84 Å². The van der Waals surface area contributed by atoms with Gasteiger partial charge in [-0.15, -0.1) is 0 Å². The highest BCUT2D eigenvalue weighted by Crippen LogP contribution is 2.18. The summed E-state index contributed by atoms with van der Waals surface area (Å²) in [5.41, 5.74) is 0.889. The minimum atomic E-state index is -1.07. The molecule has 102 valence electrons. The van der Waals surface area contributed by atoms with Crippen LogP contribution in [-0.2, 0) is 14.3 Å². The third-order valence-corrected chi connectivity index (χ3v) is 2.90. The minimum absolute atomic E-state index is 0.121. The molecule has 0 bridgehead atoms. The molecule has 20 heavy (non-hydrogen) atoms. The van der Waals surface area contributed by atoms with Gasteiger partial charge >= 0.3 is 11.9 Å². The Morgan fingerprint density at radius 1 is 1.15 bits per heavy atom. The first-order valence-electron chi connectivity index (χ1n) is 6.09. The minimum Gasteiger partial charge on any atom is -0.481 e. The van der Waals surface area contributed by atoms with Crippen molar-refractivity contribution < 1.29 is 19.4 Å². The Hall–Kier alpha value is -2.62. The lowest BCUT2D eigenvalue weighted by atomic mass is 10.0. The van der Waals surface area contributed by atoms with E-state index >= 15 is 0 Å². The molecule has 0 saturated heterocycles. The van der Waals surface area contributed by atoms with E-state index in [0.29, 0.717) is 0 Å². The molecule has 0 atom stereocenters. The van der Waals surface area contributed by atoms with Crippen molar-refractivity contribution in [1.82, 2.24) is 0 Å². The molecule has 0 amide bonds. The number of carbonyl (C=O) groups excluding carboxylic acids is 1. The second-order valence-electron chi connectivity index (χ2n) is 4.34. The average molecular weight is 270 g/mol. The third kappa shape index (κ3) is 3.23. The van der Waals surface area contributed by atoms with Crippen LogP contribution in [-0.4, -0.2) is 24.2 Å². The van der Waals surface area contributed by atoms with E-state index in [1.165, 1.54) is 7.11 Å². The van der Waals surface area contributed by atoms with Gasteiger partial charge in [-0.1, -0.05) is 36.4 Å². The predicted molar refractivity (Wildman–Crippen MR) is 76.2 cm³/mol. The van der Waals surface area contributed by atoms with Crippen LogP contribution in [0.4, 0.5) is 0 Å². The monoisotopic (exact) mass is 270 g/mol. The van der Waals surface area contributed by atoms with Gasteiger partial charge in [-0.3, -0.25) is 4.79 Å². The number of rotatable bonds is 4. The Balaban J connectivity index is 2.41. The van der Waals surface area contributed by atoms with Gasteiger partial charge in [-0.2, -0.15) is 0 Å². The first-order valence-corrected chi connectivity index (χ1v) is 6.09. The normalized spacial score (nSPS) is 11.3. The summed E-state index contributed by atoms with van der Waals surface area (Å²) in [6.45, 7) is 0. The van der Waals surface area contributed by atoms with Crippen molar-refractivity contribution in [2.75, 3.05) is 7.11 Å². The largest absolute Gasteiger partial charge is 0.481 e. The molecule has 0 aliphatic carbocycles. The van der Waals surface area contributed by atoms with E-state index in [0.717, 1.165) is 16.3 Å². The zero-order chi connectivity index (χ0) is 14.5. The van der Waals surface area contributed by atoms with Gasteiger partial charge in [-0.25, -0.2) is 4.79 Å². The zero-order valence-corrected chi connectivity index (χ0v) is 11.0. The van der Waals surface area contributed by atoms with Gasteiger partial charge in [0.15, 0.2) is 0 Å². The number of carboxylic acid groups (broad SMARTS) is 1. The van der Waals surface area contributed by atoms with Crippen molar-refractivity contribution >= 4 is 28.8 Å². The Morgan fingerprint density at radius 3 is 2.50 bits per heavy atom. The standard InChI is InChI=1S/C16H14O4/c1-20-16(19)14(10-15(17)18)9-11-6-7-12-4-2-3-5-13(12)8-11/h2-9H,10H2,1H3,(H,17,18)/b14-9-. The number of esters is 1. The topological polar surface area (TPSA) is 63.6 Å². The highest BCUT2D eigenvalue weighted by Gasteiger charge is 2.13. The van der Waals surface area contributed by atoms with E-state index in [2.05, 4.69) is 4.74 Å². The van der Waals surface area contributed by atoms with Crippen molar-refractivity contribution in [3.63, 3.8) is 0 Å². The molecule has 1 N–H and O–H groups in total. The smallest absolute Gasteiger partial charge is 0.334 e. The molecule has 0 aromatic heterocycles. The van der Waals surface area contributed by atoms with Crippen LogP contribution in [0, 0.1) is 0 Å². The lowest BCUT2D eigenvalue weighted by Gasteiger charge is -2.04. The Morgan fingerprint density at radius 2 is 1.85 bits per heavy atom. The summed E-state index contributed by atoms with van der Waals surface area (Å²) >= 11 is 0. The van der Waals surface area contributed by atoms with E-state index in [1.54, 1.807) is 6.08 Å². The predicted octanol–water partition coefficient (Wildman–Crippen LogP) is 2.87. The molecule has 0 unspecified atom stereocenters. The lowest BCUT2D eigenvalue weighted by Crippen LogP contribution is -2.09. The van der Waals surface area contributed by atoms with Crippen molar-refractivity contribution in [3.05, 3.63) is 53.6 Å². The maximum atomic E-state index is 11.6. The molecule has 0 saturated carbocycles. The van der Waals surface area contributed by atoms with Crippen molar-refractivity contribution in [3.8, 4) is 0 Å². The summed E-state index contributed by atoms with van der Waals surface area (Å²) in [7, 11) is 1.23. The summed E-state index contributed by atoms with van der Waals surface area (Å²) < 4.78 is 4.60. The van der Waals surface area contributed by atoms with Crippen LogP contribution in [0.5, 0.6) is 0 Å². The summed E-state index contributed by atoms with van der Waals surface area (Å²) in [5, 5.41) is 10.9. The van der Waals surface area contributed by atoms with Gasteiger partial charge in [-0.05, 0) is 28.5 Å². The van der Waals surface area contributed by atoms with Crippen molar-refractivity contribution in [1.29, 1.82) is 0 Å². The molecule has 0 aliphatic heterocycles. The van der Waals surface area contributed by atoms with Gasteiger partial charge in [0.05, 0.1) is 13.5 Å². The number of hydrogen-bond donors (Lipinski definition) is 1. The summed E-state index contributed by atoms with van der Waals surface area (Å²) in [6.07, 6.45) is 1.19. The fourth-order valence-electron chi connectivity index (χ4n) is 1.97. The molecule has 2 rings (SSSR count). The van der Waals surface area contributed by atoms with Gasteiger partial charge in [0.25, 0.3) is 0 Å². The average Bonchev–Trinajstić information content (AvgIpc) is 2.45. The highest BCUT2D eigenvalue weighted by molar-refractivity contribution is 5.98. The van der Waals surface area contributed by atoms with Gasteiger partial charge in [0.2, 0.25) is 0 Å². The molecule has 0 fully saturated rings. The third-order valence-electron chi connectivity index (χ3n) is 2.90. The van der Waals surface area contributed by atoms with Crippen LogP contribution in [0.25, 0.3) is 16.8 Å². The molecule has 0 spiro atoms. The van der Waals surface area contributed by atoms with Crippen LogP contribution in [0.3, 0.4) is 0 Å². The molecule has 4 heteroatoms. The van der Waals surface area contributed by atoms with Crippen LogP contribution in [0.15, 0.2) is 48.0 Å². The van der Waals surface area contributed by atoms with Crippen LogP contribution in [0.1, 0.15) is 12.0 Å². The Bertz CT molecular complexity index is 686. The second kappa shape index (κ2) is 6.02. The van der Waals surface area contributed by atoms with E-state index in [9.17, 15) is 9.59 Å². The van der Waals surface area contributed by atoms with Crippen LogP contribution < -0.4 is 0 Å². The molecular formula is C16H14O4. The molecule has 4 nitrogen and oxygen atoms in total. The molecule has 0 heterocycles. The van der Waals surface area contributed by atoms with Gasteiger partial charge in [0.1, 0.15) is 0 Å².